The molecule has 3 N–H and O–H groups in total. The lowest BCUT2D eigenvalue weighted by molar-refractivity contribution is -0.144. The van der Waals surface area contributed by atoms with Crippen LogP contribution in [0.25, 0.3) is 0 Å². The molecule has 1 aromatic carbocycles. The second-order valence-electron chi connectivity index (χ2n) is 5.31. The minimum absolute atomic E-state index is 0.0947. The van der Waals surface area contributed by atoms with Crippen molar-refractivity contribution in [1.29, 1.82) is 0 Å². The zero-order valence-electron chi connectivity index (χ0n) is 12.2. The van der Waals surface area contributed by atoms with Gasteiger partial charge in [0.15, 0.2) is 0 Å². The molecule has 1 aliphatic rings. The Morgan fingerprint density at radius 1 is 1.38 bits per heavy atom. The number of hydrogen-bond donors (Lipinski definition) is 2. The van der Waals surface area contributed by atoms with Gasteiger partial charge in [-0.2, -0.15) is 0 Å². The van der Waals surface area contributed by atoms with Gasteiger partial charge in [0.2, 0.25) is 0 Å². The predicted octanol–water partition coefficient (Wildman–Crippen LogP) is 4.65. The van der Waals surface area contributed by atoms with Crippen molar-refractivity contribution in [3.8, 4) is 0 Å². The van der Waals surface area contributed by atoms with Gasteiger partial charge in [-0.15, -0.1) is 23.2 Å². The van der Waals surface area contributed by atoms with Crippen LogP contribution in [0.5, 0.6) is 0 Å². The molecule has 0 aliphatic heterocycles. The van der Waals surface area contributed by atoms with E-state index in [1.54, 1.807) is 13.8 Å². The second-order valence-corrected chi connectivity index (χ2v) is 7.14. The van der Waals surface area contributed by atoms with Gasteiger partial charge in [0, 0.05) is 17.0 Å². The maximum atomic E-state index is 10.8. The summed E-state index contributed by atoms with van der Waals surface area (Å²) in [5.74, 6) is -1.04. The highest BCUT2D eigenvalue weighted by molar-refractivity contribution is 6.53. The van der Waals surface area contributed by atoms with Gasteiger partial charge < -0.3 is 10.8 Å². The lowest BCUT2D eigenvalue weighted by Gasteiger charge is -2.08. The summed E-state index contributed by atoms with van der Waals surface area (Å²) in [5.41, 5.74) is 5.83. The fraction of sp³-hybridized carbons (Fsp3) is 0.533. The normalized spacial score (nSPS) is 27.3. The van der Waals surface area contributed by atoms with Crippen molar-refractivity contribution >= 4 is 40.8 Å². The number of aliphatic carboxylic acids is 1. The number of rotatable bonds is 3. The summed E-state index contributed by atoms with van der Waals surface area (Å²) in [6.45, 7) is 5.50. The first kappa shape index (κ1) is 18.6. The molecule has 6 heteroatoms. The molecule has 0 spiro atoms. The van der Waals surface area contributed by atoms with Gasteiger partial charge in [0.05, 0.1) is 0 Å². The van der Waals surface area contributed by atoms with Gasteiger partial charge >= 0.3 is 5.97 Å². The monoisotopic (exact) mass is 351 g/mol. The number of carboxylic acid groups (broad SMARTS) is 1. The first-order valence-corrected chi connectivity index (χ1v) is 7.86. The lowest BCUT2D eigenvalue weighted by atomic mass is 10.0. The molecule has 0 heterocycles. The Bertz CT molecular complexity index is 502. The van der Waals surface area contributed by atoms with Crippen LogP contribution in [0.15, 0.2) is 24.3 Å². The molecule has 0 amide bonds. The summed E-state index contributed by atoms with van der Waals surface area (Å²) >= 11 is 17.3. The summed E-state index contributed by atoms with van der Waals surface area (Å²) in [6.07, 6.45) is 0.483. The van der Waals surface area contributed by atoms with E-state index in [2.05, 4.69) is 0 Å². The number of hydrogen-bond acceptors (Lipinski definition) is 2. The number of alkyl halides is 2. The Balaban J connectivity index is 0.000000211. The van der Waals surface area contributed by atoms with E-state index in [4.69, 9.17) is 45.6 Å². The van der Waals surface area contributed by atoms with Gasteiger partial charge in [0.1, 0.15) is 9.75 Å². The van der Waals surface area contributed by atoms with Crippen LogP contribution in [0.1, 0.15) is 38.8 Å². The zero-order valence-corrected chi connectivity index (χ0v) is 14.5. The summed E-state index contributed by atoms with van der Waals surface area (Å²) in [4.78, 5) is 10.8. The molecule has 3 atom stereocenters. The summed E-state index contributed by atoms with van der Waals surface area (Å²) in [5, 5.41) is 9.59. The van der Waals surface area contributed by atoms with E-state index >= 15 is 0 Å². The second kappa shape index (κ2) is 6.74. The fourth-order valence-corrected chi connectivity index (χ4v) is 3.57. The van der Waals surface area contributed by atoms with Gasteiger partial charge in [-0.05, 0) is 31.0 Å². The topological polar surface area (TPSA) is 63.3 Å². The molecule has 0 radical (unpaired) electrons. The van der Waals surface area contributed by atoms with Crippen molar-refractivity contribution in [2.75, 3.05) is 0 Å². The minimum Gasteiger partial charge on any atom is -0.481 e. The van der Waals surface area contributed by atoms with Crippen LogP contribution in [0.2, 0.25) is 5.02 Å². The van der Waals surface area contributed by atoms with Crippen LogP contribution in [0.3, 0.4) is 0 Å². The SMILES string of the molecule is CC(N)c1ccc(Cl)cc1.CCC1(C(=O)O)C(C)C1(Cl)Cl. The lowest BCUT2D eigenvalue weighted by Crippen LogP contribution is -2.20. The third kappa shape index (κ3) is 3.48. The third-order valence-electron chi connectivity index (χ3n) is 4.13. The average Bonchev–Trinajstić information content (AvgIpc) is 2.85. The van der Waals surface area contributed by atoms with E-state index < -0.39 is 15.7 Å². The number of nitrogens with two attached hydrogens (primary N) is 1. The molecule has 3 unspecified atom stereocenters. The first-order chi connectivity index (χ1) is 9.61. The van der Waals surface area contributed by atoms with Crippen LogP contribution >= 0.6 is 34.8 Å². The highest BCUT2D eigenvalue weighted by atomic mass is 35.5. The van der Waals surface area contributed by atoms with Gasteiger partial charge in [-0.3, -0.25) is 4.79 Å². The van der Waals surface area contributed by atoms with Crippen LogP contribution in [-0.4, -0.2) is 15.4 Å². The molecule has 1 saturated carbocycles. The van der Waals surface area contributed by atoms with E-state index in [9.17, 15) is 4.79 Å². The van der Waals surface area contributed by atoms with E-state index in [0.29, 0.717) is 6.42 Å². The van der Waals surface area contributed by atoms with Crippen molar-refractivity contribution in [3.63, 3.8) is 0 Å². The quantitative estimate of drug-likeness (QED) is 0.778. The largest absolute Gasteiger partial charge is 0.481 e. The fourth-order valence-electron chi connectivity index (χ4n) is 2.43. The molecule has 2 rings (SSSR count). The smallest absolute Gasteiger partial charge is 0.313 e. The van der Waals surface area contributed by atoms with Crippen molar-refractivity contribution in [2.24, 2.45) is 17.1 Å². The Morgan fingerprint density at radius 2 is 1.81 bits per heavy atom. The molecule has 1 aromatic rings. The molecule has 0 saturated heterocycles. The van der Waals surface area contributed by atoms with E-state index in [0.717, 1.165) is 10.6 Å². The maximum Gasteiger partial charge on any atom is 0.313 e. The number of carbonyl (C=O) groups is 1. The van der Waals surface area contributed by atoms with Gasteiger partial charge in [0.25, 0.3) is 0 Å². The molecule has 21 heavy (non-hydrogen) atoms. The van der Waals surface area contributed by atoms with Crippen molar-refractivity contribution in [1.82, 2.24) is 0 Å². The molecule has 1 fully saturated rings. The highest BCUT2D eigenvalue weighted by Gasteiger charge is 2.77. The standard InChI is InChI=1S/C8H10ClN.C7H10Cl2O2/c1-6(10)7-2-4-8(9)5-3-7;1-3-6(5(10)11)4(2)7(6,8)9/h2-6H,10H2,1H3;4H,3H2,1-2H3,(H,10,11). The summed E-state index contributed by atoms with van der Waals surface area (Å²) in [7, 11) is 0. The van der Waals surface area contributed by atoms with Crippen molar-refractivity contribution in [3.05, 3.63) is 34.9 Å². The number of benzene rings is 1. The van der Waals surface area contributed by atoms with Gasteiger partial charge in [-0.1, -0.05) is 37.6 Å². The Kier molecular flexibility index (Phi) is 5.96. The first-order valence-electron chi connectivity index (χ1n) is 6.73. The van der Waals surface area contributed by atoms with Crippen LogP contribution in [0.4, 0.5) is 0 Å². The Morgan fingerprint density at radius 3 is 2.00 bits per heavy atom. The van der Waals surface area contributed by atoms with Crippen LogP contribution in [0, 0.1) is 11.3 Å². The van der Waals surface area contributed by atoms with E-state index in [1.807, 2.05) is 31.2 Å². The molecular weight excluding hydrogens is 333 g/mol. The third-order valence-corrected chi connectivity index (χ3v) is 5.71. The average molecular weight is 353 g/mol. The van der Waals surface area contributed by atoms with Crippen molar-refractivity contribution in [2.45, 2.75) is 37.6 Å². The van der Waals surface area contributed by atoms with Crippen LogP contribution < -0.4 is 5.73 Å². The van der Waals surface area contributed by atoms with E-state index in [1.165, 1.54) is 0 Å². The molecule has 0 aromatic heterocycles. The van der Waals surface area contributed by atoms with Gasteiger partial charge in [-0.25, -0.2) is 0 Å². The molecule has 1 aliphatic carbocycles. The number of halogens is 3. The molecule has 0 bridgehead atoms. The summed E-state index contributed by atoms with van der Waals surface area (Å²) < 4.78 is -1.06. The summed E-state index contributed by atoms with van der Waals surface area (Å²) in [6, 6.07) is 7.66. The molecule has 118 valence electrons. The molecule has 3 nitrogen and oxygen atoms in total. The van der Waals surface area contributed by atoms with Crippen LogP contribution in [-0.2, 0) is 4.79 Å². The predicted molar refractivity (Wildman–Crippen MR) is 88.0 cm³/mol. The Labute approximate surface area is 140 Å². The highest BCUT2D eigenvalue weighted by Crippen LogP contribution is 2.70. The molecular formula is C15H20Cl3NO2. The Hall–Kier alpha value is -0.480. The van der Waals surface area contributed by atoms with Crippen molar-refractivity contribution < 1.29 is 9.90 Å². The zero-order chi connectivity index (χ0) is 16.4. The maximum absolute atomic E-state index is 10.8. The number of carboxylic acids is 1. The minimum atomic E-state index is -1.06. The van der Waals surface area contributed by atoms with E-state index in [-0.39, 0.29) is 12.0 Å².